The maximum absolute atomic E-state index is 12.5. The van der Waals surface area contributed by atoms with Crippen LogP contribution in [0.15, 0.2) is 29.6 Å². The Morgan fingerprint density at radius 2 is 1.88 bits per heavy atom. The molecule has 0 unspecified atom stereocenters. The van der Waals surface area contributed by atoms with Crippen LogP contribution in [-0.4, -0.2) is 13.7 Å². The van der Waals surface area contributed by atoms with Crippen molar-refractivity contribution in [2.24, 2.45) is 0 Å². The predicted molar refractivity (Wildman–Crippen MR) is 89.3 cm³/mol. The van der Waals surface area contributed by atoms with Gasteiger partial charge in [0.25, 0.3) is 0 Å². The highest BCUT2D eigenvalue weighted by molar-refractivity contribution is 7.13. The van der Waals surface area contributed by atoms with Crippen LogP contribution in [0.3, 0.4) is 0 Å². The van der Waals surface area contributed by atoms with Crippen molar-refractivity contribution in [1.82, 2.24) is 13.7 Å². The summed E-state index contributed by atoms with van der Waals surface area (Å²) in [4.78, 5) is 3.53. The van der Waals surface area contributed by atoms with Gasteiger partial charge in [0, 0.05) is 17.0 Å². The first-order valence-corrected chi connectivity index (χ1v) is 8.71. The number of anilines is 2. The second kappa shape index (κ2) is 6.66. The lowest BCUT2D eigenvalue weighted by Gasteiger charge is -2.10. The van der Waals surface area contributed by atoms with Crippen molar-refractivity contribution in [3.05, 3.63) is 51.7 Å². The highest BCUT2D eigenvalue weighted by Gasteiger charge is 2.33. The van der Waals surface area contributed by atoms with Crippen LogP contribution >= 0.6 is 34.7 Å². The predicted octanol–water partition coefficient (Wildman–Crippen LogP) is 5.56. The molecule has 1 aromatic carbocycles. The molecule has 4 nitrogen and oxygen atoms in total. The molecule has 24 heavy (non-hydrogen) atoms. The third-order valence-electron chi connectivity index (χ3n) is 3.34. The van der Waals surface area contributed by atoms with E-state index in [0.717, 1.165) is 34.0 Å². The van der Waals surface area contributed by atoms with E-state index in [0.29, 0.717) is 16.5 Å². The summed E-state index contributed by atoms with van der Waals surface area (Å²) in [6.45, 7) is 1.96. The summed E-state index contributed by atoms with van der Waals surface area (Å²) in [5.41, 5.74) is 1.44. The van der Waals surface area contributed by atoms with Crippen molar-refractivity contribution >= 4 is 45.5 Å². The minimum absolute atomic E-state index is 0.0259. The number of hydrogen-bond acceptors (Lipinski definition) is 6. The molecule has 2 aromatic heterocycles. The average molecular weight is 391 g/mol. The smallest absolute Gasteiger partial charge is 0.332 e. The third kappa shape index (κ3) is 3.68. The number of rotatable bonds is 4. The molecule has 0 aliphatic rings. The van der Waals surface area contributed by atoms with Gasteiger partial charge in [0.1, 0.15) is 5.69 Å². The molecule has 0 spiro atoms. The molecule has 0 fully saturated rings. The van der Waals surface area contributed by atoms with E-state index in [1.54, 1.807) is 12.1 Å². The maximum Gasteiger partial charge on any atom is 0.434 e. The Balaban J connectivity index is 1.73. The zero-order valence-electron chi connectivity index (χ0n) is 12.1. The van der Waals surface area contributed by atoms with Gasteiger partial charge >= 0.3 is 6.18 Å². The summed E-state index contributed by atoms with van der Waals surface area (Å²) in [6, 6.07) is 7.27. The minimum Gasteiger partial charge on any atom is -0.332 e. The van der Waals surface area contributed by atoms with E-state index >= 15 is 0 Å². The van der Waals surface area contributed by atoms with Crippen LogP contribution in [0.1, 0.15) is 29.8 Å². The second-order valence-corrected chi connectivity index (χ2v) is 6.69. The highest BCUT2D eigenvalue weighted by atomic mass is 35.5. The molecule has 2 heterocycles. The first-order chi connectivity index (χ1) is 11.3. The van der Waals surface area contributed by atoms with E-state index in [9.17, 15) is 13.2 Å². The molecule has 10 heteroatoms. The summed E-state index contributed by atoms with van der Waals surface area (Å²) < 4.78 is 45.8. The molecule has 126 valence electrons. The number of nitrogens with one attached hydrogen (secondary N) is 1. The zero-order valence-corrected chi connectivity index (χ0v) is 14.5. The van der Waals surface area contributed by atoms with Crippen molar-refractivity contribution in [3.63, 3.8) is 0 Å². The number of halogens is 4. The van der Waals surface area contributed by atoms with E-state index in [2.05, 4.69) is 19.0 Å². The molecule has 3 rings (SSSR count). The lowest BCUT2D eigenvalue weighted by molar-refractivity contribution is -0.140. The quantitative estimate of drug-likeness (QED) is 0.633. The standard InChI is InChI=1S/C14H10ClF3N4S2/c1-7(11-12(15)22-24-21-11)8-2-4-9(5-3-8)19-13-20-10(6-23-13)14(16,17)18/h2-7H,1H3,(H,19,20)/t7-/m1/s1. The largest absolute Gasteiger partial charge is 0.434 e. The van der Waals surface area contributed by atoms with Crippen molar-refractivity contribution in [3.8, 4) is 0 Å². The molecule has 1 atom stereocenters. The Kier molecular flexibility index (Phi) is 4.75. The van der Waals surface area contributed by atoms with Crippen LogP contribution in [0.2, 0.25) is 5.15 Å². The van der Waals surface area contributed by atoms with E-state index in [-0.39, 0.29) is 11.0 Å². The molecule has 0 radical (unpaired) electrons. The fourth-order valence-corrected chi connectivity index (χ4v) is 3.66. The highest BCUT2D eigenvalue weighted by Crippen LogP contribution is 2.33. The van der Waals surface area contributed by atoms with Gasteiger partial charge in [0.15, 0.2) is 16.0 Å². The van der Waals surface area contributed by atoms with Gasteiger partial charge in [-0.05, 0) is 17.7 Å². The van der Waals surface area contributed by atoms with Gasteiger partial charge in [-0.1, -0.05) is 30.7 Å². The van der Waals surface area contributed by atoms with Gasteiger partial charge in [0.05, 0.1) is 11.7 Å². The Morgan fingerprint density at radius 3 is 2.42 bits per heavy atom. The summed E-state index contributed by atoms with van der Waals surface area (Å²) in [5.74, 6) is -0.0259. The van der Waals surface area contributed by atoms with E-state index in [4.69, 9.17) is 11.6 Å². The first kappa shape index (κ1) is 17.1. The number of thiazole rings is 1. The number of aromatic nitrogens is 3. The Bertz CT molecular complexity index is 829. The summed E-state index contributed by atoms with van der Waals surface area (Å²) in [7, 11) is 0. The fraction of sp³-hybridized carbons (Fsp3) is 0.214. The lowest BCUT2D eigenvalue weighted by atomic mass is 9.98. The van der Waals surface area contributed by atoms with Crippen LogP contribution in [0.4, 0.5) is 24.0 Å². The van der Waals surface area contributed by atoms with E-state index < -0.39 is 11.9 Å². The molecule has 0 amide bonds. The van der Waals surface area contributed by atoms with Gasteiger partial charge in [-0.25, -0.2) is 4.98 Å². The van der Waals surface area contributed by atoms with E-state index in [1.807, 2.05) is 19.1 Å². The molecule has 0 saturated carbocycles. The van der Waals surface area contributed by atoms with Crippen LogP contribution in [-0.2, 0) is 6.18 Å². The van der Waals surface area contributed by atoms with Gasteiger partial charge in [0.2, 0.25) is 0 Å². The van der Waals surface area contributed by atoms with Gasteiger partial charge in [-0.2, -0.15) is 21.9 Å². The normalized spacial score (nSPS) is 13.0. The average Bonchev–Trinajstić information content (AvgIpc) is 3.16. The minimum atomic E-state index is -4.43. The van der Waals surface area contributed by atoms with Crippen molar-refractivity contribution < 1.29 is 13.2 Å². The van der Waals surface area contributed by atoms with Crippen LogP contribution in [0.5, 0.6) is 0 Å². The molecule has 0 saturated heterocycles. The molecule has 3 aromatic rings. The molecule has 0 aliphatic carbocycles. The van der Waals surface area contributed by atoms with Gasteiger partial charge < -0.3 is 5.32 Å². The maximum atomic E-state index is 12.5. The van der Waals surface area contributed by atoms with Gasteiger partial charge in [-0.15, -0.1) is 11.3 Å². The molecule has 0 aliphatic heterocycles. The lowest BCUT2D eigenvalue weighted by Crippen LogP contribution is -2.05. The summed E-state index contributed by atoms with van der Waals surface area (Å²) in [5, 5.41) is 4.42. The first-order valence-electron chi connectivity index (χ1n) is 6.72. The number of benzene rings is 1. The zero-order chi connectivity index (χ0) is 17.3. The SMILES string of the molecule is C[C@H](c1ccc(Nc2nc(C(F)(F)F)cs2)cc1)c1nsnc1Cl. The Labute approximate surface area is 148 Å². The summed E-state index contributed by atoms with van der Waals surface area (Å²) >= 11 is 7.95. The molecular weight excluding hydrogens is 381 g/mol. The van der Waals surface area contributed by atoms with Crippen molar-refractivity contribution in [2.75, 3.05) is 5.32 Å². The number of nitrogens with zero attached hydrogens (tertiary/aromatic N) is 3. The van der Waals surface area contributed by atoms with Crippen molar-refractivity contribution in [1.29, 1.82) is 0 Å². The van der Waals surface area contributed by atoms with Gasteiger partial charge in [-0.3, -0.25) is 0 Å². The molecular formula is C14H10ClF3N4S2. The molecule has 0 bridgehead atoms. The topological polar surface area (TPSA) is 50.7 Å². The monoisotopic (exact) mass is 390 g/mol. The Hall–Kier alpha value is -1.71. The second-order valence-electron chi connectivity index (χ2n) is 4.94. The Morgan fingerprint density at radius 1 is 1.17 bits per heavy atom. The van der Waals surface area contributed by atoms with Crippen LogP contribution in [0.25, 0.3) is 0 Å². The summed E-state index contributed by atoms with van der Waals surface area (Å²) in [6.07, 6.45) is -4.43. The van der Waals surface area contributed by atoms with E-state index in [1.165, 1.54) is 0 Å². The third-order valence-corrected chi connectivity index (χ3v) is 5.02. The number of hydrogen-bond donors (Lipinski definition) is 1. The number of alkyl halides is 3. The van der Waals surface area contributed by atoms with Crippen LogP contribution in [0, 0.1) is 0 Å². The fourth-order valence-electron chi connectivity index (χ4n) is 2.04. The van der Waals surface area contributed by atoms with Crippen LogP contribution < -0.4 is 5.32 Å². The van der Waals surface area contributed by atoms with Crippen molar-refractivity contribution in [2.45, 2.75) is 19.0 Å². The molecule has 1 N–H and O–H groups in total.